The summed E-state index contributed by atoms with van der Waals surface area (Å²) in [6, 6.07) is 2.04. The fraction of sp³-hybridized carbons (Fsp3) is 0.700. The molecule has 1 aromatic rings. The van der Waals surface area contributed by atoms with Crippen LogP contribution in [-0.4, -0.2) is 11.7 Å². The molecule has 1 atom stereocenters. The first kappa shape index (κ1) is 10.3. The quantitative estimate of drug-likeness (QED) is 0.759. The zero-order valence-electron chi connectivity index (χ0n) is 8.63. The lowest BCUT2D eigenvalue weighted by atomic mass is 10.1. The number of hydrogen-bond acceptors (Lipinski definition) is 3. The molecular weight excluding hydrogens is 164 g/mol. The largest absolute Gasteiger partial charge is 0.361 e. The Kier molecular flexibility index (Phi) is 3.96. The Morgan fingerprint density at radius 1 is 1.54 bits per heavy atom. The molecule has 3 heteroatoms. The van der Waals surface area contributed by atoms with Gasteiger partial charge in [-0.25, -0.2) is 0 Å². The smallest absolute Gasteiger partial charge is 0.139 e. The van der Waals surface area contributed by atoms with E-state index in [-0.39, 0.29) is 0 Å². The van der Waals surface area contributed by atoms with E-state index in [4.69, 9.17) is 4.52 Å². The number of hydrogen-bond donors (Lipinski definition) is 1. The molecule has 0 saturated carbocycles. The van der Waals surface area contributed by atoms with Crippen molar-refractivity contribution in [2.45, 2.75) is 39.7 Å². The Labute approximate surface area is 79.5 Å². The van der Waals surface area contributed by atoms with Gasteiger partial charge in [0.2, 0.25) is 0 Å². The SMILES string of the molecule is CCNCc1cc(C(C)CC)on1. The third kappa shape index (κ3) is 2.84. The molecule has 0 spiro atoms. The highest BCUT2D eigenvalue weighted by molar-refractivity contribution is 5.08. The summed E-state index contributed by atoms with van der Waals surface area (Å²) >= 11 is 0. The summed E-state index contributed by atoms with van der Waals surface area (Å²) in [5, 5.41) is 7.20. The molecule has 0 amide bonds. The van der Waals surface area contributed by atoms with Gasteiger partial charge in [0, 0.05) is 18.5 Å². The highest BCUT2D eigenvalue weighted by atomic mass is 16.5. The second-order valence-corrected chi connectivity index (χ2v) is 3.31. The molecule has 0 aromatic carbocycles. The zero-order valence-corrected chi connectivity index (χ0v) is 8.63. The second-order valence-electron chi connectivity index (χ2n) is 3.31. The van der Waals surface area contributed by atoms with Crippen molar-refractivity contribution in [1.29, 1.82) is 0 Å². The monoisotopic (exact) mass is 182 g/mol. The topological polar surface area (TPSA) is 38.1 Å². The van der Waals surface area contributed by atoms with Crippen LogP contribution in [0.3, 0.4) is 0 Å². The van der Waals surface area contributed by atoms with Gasteiger partial charge >= 0.3 is 0 Å². The first-order valence-corrected chi connectivity index (χ1v) is 4.94. The predicted octanol–water partition coefficient (Wildman–Crippen LogP) is 2.30. The van der Waals surface area contributed by atoms with E-state index in [0.717, 1.165) is 31.0 Å². The molecule has 0 fully saturated rings. The number of aromatic nitrogens is 1. The van der Waals surface area contributed by atoms with Gasteiger partial charge in [0.25, 0.3) is 0 Å². The van der Waals surface area contributed by atoms with E-state index in [0.29, 0.717) is 5.92 Å². The van der Waals surface area contributed by atoms with Crippen molar-refractivity contribution in [3.63, 3.8) is 0 Å². The molecule has 0 aliphatic carbocycles. The van der Waals surface area contributed by atoms with Crippen LogP contribution < -0.4 is 5.32 Å². The molecule has 13 heavy (non-hydrogen) atoms. The van der Waals surface area contributed by atoms with Gasteiger partial charge in [0.1, 0.15) is 5.76 Å². The lowest BCUT2D eigenvalue weighted by Crippen LogP contribution is -2.11. The van der Waals surface area contributed by atoms with E-state index in [1.54, 1.807) is 0 Å². The molecule has 0 bridgehead atoms. The zero-order chi connectivity index (χ0) is 9.68. The van der Waals surface area contributed by atoms with Crippen molar-refractivity contribution in [1.82, 2.24) is 10.5 Å². The Hall–Kier alpha value is -0.830. The first-order chi connectivity index (χ1) is 6.27. The molecule has 0 radical (unpaired) electrons. The average molecular weight is 182 g/mol. The summed E-state index contributed by atoms with van der Waals surface area (Å²) in [5.74, 6) is 1.47. The van der Waals surface area contributed by atoms with Crippen molar-refractivity contribution in [3.8, 4) is 0 Å². The Balaban J connectivity index is 2.53. The van der Waals surface area contributed by atoms with Crippen LogP contribution in [0.5, 0.6) is 0 Å². The van der Waals surface area contributed by atoms with Gasteiger partial charge in [-0.2, -0.15) is 0 Å². The van der Waals surface area contributed by atoms with E-state index in [1.165, 1.54) is 0 Å². The third-order valence-corrected chi connectivity index (χ3v) is 2.23. The summed E-state index contributed by atoms with van der Waals surface area (Å²) in [6.45, 7) is 8.15. The van der Waals surface area contributed by atoms with E-state index in [2.05, 4.69) is 31.2 Å². The maximum atomic E-state index is 5.22. The van der Waals surface area contributed by atoms with E-state index >= 15 is 0 Å². The molecule has 1 heterocycles. The number of nitrogens with zero attached hydrogens (tertiary/aromatic N) is 1. The Morgan fingerprint density at radius 3 is 2.92 bits per heavy atom. The van der Waals surface area contributed by atoms with Crippen LogP contribution in [0.15, 0.2) is 10.6 Å². The minimum atomic E-state index is 0.475. The van der Waals surface area contributed by atoms with Crippen LogP contribution in [0, 0.1) is 0 Å². The van der Waals surface area contributed by atoms with Crippen molar-refractivity contribution >= 4 is 0 Å². The van der Waals surface area contributed by atoms with Gasteiger partial charge in [-0.3, -0.25) is 0 Å². The van der Waals surface area contributed by atoms with E-state index < -0.39 is 0 Å². The normalized spacial score (nSPS) is 13.2. The van der Waals surface area contributed by atoms with Crippen LogP contribution >= 0.6 is 0 Å². The Bertz CT molecular complexity index is 245. The minimum absolute atomic E-state index is 0.475. The molecule has 0 aliphatic rings. The maximum absolute atomic E-state index is 5.22. The maximum Gasteiger partial charge on any atom is 0.139 e. The minimum Gasteiger partial charge on any atom is -0.361 e. The summed E-state index contributed by atoms with van der Waals surface area (Å²) < 4.78 is 5.22. The van der Waals surface area contributed by atoms with Gasteiger partial charge in [-0.15, -0.1) is 0 Å². The van der Waals surface area contributed by atoms with Gasteiger partial charge in [-0.05, 0) is 13.0 Å². The summed E-state index contributed by atoms with van der Waals surface area (Å²) in [5.41, 5.74) is 0.997. The molecule has 0 aliphatic heterocycles. The van der Waals surface area contributed by atoms with Crippen LogP contribution in [0.2, 0.25) is 0 Å². The van der Waals surface area contributed by atoms with Crippen LogP contribution in [-0.2, 0) is 6.54 Å². The van der Waals surface area contributed by atoms with Gasteiger partial charge in [0.05, 0.1) is 5.69 Å². The van der Waals surface area contributed by atoms with E-state index in [1.807, 2.05) is 6.07 Å². The van der Waals surface area contributed by atoms with Crippen molar-refractivity contribution in [3.05, 3.63) is 17.5 Å². The summed E-state index contributed by atoms with van der Waals surface area (Å²) in [6.07, 6.45) is 1.09. The Morgan fingerprint density at radius 2 is 2.31 bits per heavy atom. The summed E-state index contributed by atoms with van der Waals surface area (Å²) in [7, 11) is 0. The first-order valence-electron chi connectivity index (χ1n) is 4.94. The molecule has 3 nitrogen and oxygen atoms in total. The van der Waals surface area contributed by atoms with Crippen molar-refractivity contribution in [2.75, 3.05) is 6.54 Å². The van der Waals surface area contributed by atoms with Crippen LogP contribution in [0.1, 0.15) is 44.6 Å². The lowest BCUT2D eigenvalue weighted by molar-refractivity contribution is 0.357. The number of rotatable bonds is 5. The lowest BCUT2D eigenvalue weighted by Gasteiger charge is -2.00. The molecular formula is C10H18N2O. The molecule has 1 unspecified atom stereocenters. The molecule has 1 rings (SSSR count). The molecule has 1 N–H and O–H groups in total. The fourth-order valence-electron chi connectivity index (χ4n) is 1.10. The highest BCUT2D eigenvalue weighted by Crippen LogP contribution is 2.18. The van der Waals surface area contributed by atoms with Gasteiger partial charge < -0.3 is 9.84 Å². The van der Waals surface area contributed by atoms with Crippen LogP contribution in [0.25, 0.3) is 0 Å². The standard InChI is InChI=1S/C10H18N2O/c1-4-8(3)10-6-9(12-13-10)7-11-5-2/h6,8,11H,4-5,7H2,1-3H3. The van der Waals surface area contributed by atoms with Gasteiger partial charge in [-0.1, -0.05) is 25.9 Å². The molecule has 74 valence electrons. The summed E-state index contributed by atoms with van der Waals surface area (Å²) in [4.78, 5) is 0. The average Bonchev–Trinajstić information content (AvgIpc) is 2.62. The predicted molar refractivity (Wildman–Crippen MR) is 52.6 cm³/mol. The highest BCUT2D eigenvalue weighted by Gasteiger charge is 2.09. The number of nitrogens with one attached hydrogen (secondary N) is 1. The fourth-order valence-corrected chi connectivity index (χ4v) is 1.10. The van der Waals surface area contributed by atoms with Crippen LogP contribution in [0.4, 0.5) is 0 Å². The van der Waals surface area contributed by atoms with E-state index in [9.17, 15) is 0 Å². The second kappa shape index (κ2) is 5.02. The molecule has 0 saturated heterocycles. The van der Waals surface area contributed by atoms with Gasteiger partial charge in [0.15, 0.2) is 0 Å². The molecule has 1 aromatic heterocycles. The third-order valence-electron chi connectivity index (χ3n) is 2.23. The van der Waals surface area contributed by atoms with Crippen molar-refractivity contribution in [2.24, 2.45) is 0 Å². The van der Waals surface area contributed by atoms with Crippen molar-refractivity contribution < 1.29 is 4.52 Å².